The van der Waals surface area contributed by atoms with Crippen LogP contribution in [0.1, 0.15) is 25.3 Å². The summed E-state index contributed by atoms with van der Waals surface area (Å²) in [5.41, 5.74) is 1.15. The van der Waals surface area contributed by atoms with Crippen LogP contribution >= 0.6 is 0 Å². The molecule has 0 saturated heterocycles. The molecule has 0 radical (unpaired) electrons. The van der Waals surface area contributed by atoms with Gasteiger partial charge in [0, 0.05) is 0 Å². The van der Waals surface area contributed by atoms with Gasteiger partial charge in [0.05, 0.1) is 13.7 Å². The summed E-state index contributed by atoms with van der Waals surface area (Å²) in [6.07, 6.45) is 6.68. The summed E-state index contributed by atoms with van der Waals surface area (Å²) in [5.74, 6) is 2.42. The summed E-state index contributed by atoms with van der Waals surface area (Å²) in [5, 5.41) is 0. The summed E-state index contributed by atoms with van der Waals surface area (Å²) < 4.78 is 11.1. The van der Waals surface area contributed by atoms with E-state index in [0.717, 1.165) is 29.6 Å². The SMILES string of the molecule is C/C=C/c1ccc(OC)c(OCC2CC2)c1. The molecule has 1 aromatic carbocycles. The van der Waals surface area contributed by atoms with Crippen LogP contribution in [0.5, 0.6) is 11.5 Å². The van der Waals surface area contributed by atoms with Gasteiger partial charge in [-0.25, -0.2) is 0 Å². The summed E-state index contributed by atoms with van der Waals surface area (Å²) in [6.45, 7) is 2.82. The molecule has 0 aliphatic heterocycles. The van der Waals surface area contributed by atoms with Crippen molar-refractivity contribution in [2.75, 3.05) is 13.7 Å². The minimum absolute atomic E-state index is 0.759. The molecular formula is C14H18O2. The third-order valence-electron chi connectivity index (χ3n) is 2.72. The number of ether oxygens (including phenoxy) is 2. The number of benzene rings is 1. The molecule has 0 N–H and O–H groups in total. The van der Waals surface area contributed by atoms with Gasteiger partial charge in [0.25, 0.3) is 0 Å². The van der Waals surface area contributed by atoms with Crippen LogP contribution in [-0.2, 0) is 0 Å². The predicted molar refractivity (Wildman–Crippen MR) is 65.9 cm³/mol. The molecular weight excluding hydrogens is 200 g/mol. The van der Waals surface area contributed by atoms with Gasteiger partial charge in [-0.15, -0.1) is 0 Å². The van der Waals surface area contributed by atoms with Gasteiger partial charge in [-0.05, 0) is 43.4 Å². The van der Waals surface area contributed by atoms with Crippen molar-refractivity contribution >= 4 is 6.08 Å². The first-order chi connectivity index (χ1) is 7.83. The summed E-state index contributed by atoms with van der Waals surface area (Å²) in [6, 6.07) is 6.02. The van der Waals surface area contributed by atoms with Gasteiger partial charge in [-0.2, -0.15) is 0 Å². The predicted octanol–water partition coefficient (Wildman–Crippen LogP) is 3.52. The highest BCUT2D eigenvalue weighted by Gasteiger charge is 2.22. The molecule has 0 amide bonds. The zero-order valence-corrected chi connectivity index (χ0v) is 9.90. The Bertz CT molecular complexity index is 378. The Morgan fingerprint density at radius 3 is 2.75 bits per heavy atom. The van der Waals surface area contributed by atoms with E-state index in [0.29, 0.717) is 0 Å². The van der Waals surface area contributed by atoms with Crippen molar-refractivity contribution < 1.29 is 9.47 Å². The van der Waals surface area contributed by atoms with Gasteiger partial charge in [0.2, 0.25) is 0 Å². The lowest BCUT2D eigenvalue weighted by Crippen LogP contribution is -2.00. The Morgan fingerprint density at radius 2 is 2.12 bits per heavy atom. The van der Waals surface area contributed by atoms with Crippen molar-refractivity contribution in [3.05, 3.63) is 29.8 Å². The molecule has 0 atom stereocenters. The maximum Gasteiger partial charge on any atom is 0.161 e. The molecule has 1 aromatic rings. The summed E-state index contributed by atoms with van der Waals surface area (Å²) in [4.78, 5) is 0. The Balaban J connectivity index is 2.12. The molecule has 1 fully saturated rings. The monoisotopic (exact) mass is 218 g/mol. The normalized spacial score (nSPS) is 15.4. The van der Waals surface area contributed by atoms with E-state index < -0.39 is 0 Å². The first kappa shape index (κ1) is 11.1. The number of hydrogen-bond acceptors (Lipinski definition) is 2. The van der Waals surface area contributed by atoms with Gasteiger partial charge in [-0.3, -0.25) is 0 Å². The van der Waals surface area contributed by atoms with E-state index in [9.17, 15) is 0 Å². The Kier molecular flexibility index (Phi) is 3.50. The second-order valence-electron chi connectivity index (χ2n) is 4.16. The molecule has 0 spiro atoms. The van der Waals surface area contributed by atoms with Gasteiger partial charge in [0.15, 0.2) is 11.5 Å². The van der Waals surface area contributed by atoms with Crippen molar-refractivity contribution in [3.63, 3.8) is 0 Å². The van der Waals surface area contributed by atoms with Gasteiger partial charge >= 0.3 is 0 Å². The lowest BCUT2D eigenvalue weighted by Gasteiger charge is -2.10. The summed E-state index contributed by atoms with van der Waals surface area (Å²) >= 11 is 0. The van der Waals surface area contributed by atoms with Crippen LogP contribution in [0.15, 0.2) is 24.3 Å². The average molecular weight is 218 g/mol. The van der Waals surface area contributed by atoms with Crippen LogP contribution in [0.4, 0.5) is 0 Å². The molecule has 1 aliphatic carbocycles. The molecule has 0 bridgehead atoms. The first-order valence-corrected chi connectivity index (χ1v) is 5.77. The number of rotatable bonds is 5. The Morgan fingerprint density at radius 1 is 1.31 bits per heavy atom. The lowest BCUT2D eigenvalue weighted by molar-refractivity contribution is 0.280. The highest BCUT2D eigenvalue weighted by molar-refractivity contribution is 5.55. The fourth-order valence-corrected chi connectivity index (χ4v) is 1.59. The van der Waals surface area contributed by atoms with Crippen LogP contribution in [0.25, 0.3) is 6.08 Å². The zero-order valence-electron chi connectivity index (χ0n) is 9.90. The van der Waals surface area contributed by atoms with E-state index in [1.54, 1.807) is 7.11 Å². The smallest absolute Gasteiger partial charge is 0.161 e. The van der Waals surface area contributed by atoms with Crippen molar-refractivity contribution in [1.29, 1.82) is 0 Å². The van der Waals surface area contributed by atoms with Crippen LogP contribution in [0, 0.1) is 5.92 Å². The minimum atomic E-state index is 0.759. The molecule has 2 nitrogen and oxygen atoms in total. The van der Waals surface area contributed by atoms with Crippen LogP contribution in [-0.4, -0.2) is 13.7 Å². The molecule has 0 aromatic heterocycles. The Labute approximate surface area is 96.9 Å². The average Bonchev–Trinajstić information content (AvgIpc) is 3.11. The second-order valence-corrected chi connectivity index (χ2v) is 4.16. The zero-order chi connectivity index (χ0) is 11.4. The minimum Gasteiger partial charge on any atom is -0.493 e. The number of allylic oxidation sites excluding steroid dienone is 1. The molecule has 0 heterocycles. The number of methoxy groups -OCH3 is 1. The summed E-state index contributed by atoms with van der Waals surface area (Å²) in [7, 11) is 1.68. The fourth-order valence-electron chi connectivity index (χ4n) is 1.59. The fraction of sp³-hybridized carbons (Fsp3) is 0.429. The van der Waals surface area contributed by atoms with Gasteiger partial charge in [-0.1, -0.05) is 18.2 Å². The molecule has 1 saturated carbocycles. The van der Waals surface area contributed by atoms with E-state index in [1.165, 1.54) is 12.8 Å². The van der Waals surface area contributed by atoms with E-state index in [2.05, 4.69) is 6.08 Å². The second kappa shape index (κ2) is 5.06. The van der Waals surface area contributed by atoms with Crippen LogP contribution in [0.3, 0.4) is 0 Å². The molecule has 86 valence electrons. The number of hydrogen-bond donors (Lipinski definition) is 0. The molecule has 16 heavy (non-hydrogen) atoms. The van der Waals surface area contributed by atoms with E-state index in [-0.39, 0.29) is 0 Å². The molecule has 1 aliphatic rings. The van der Waals surface area contributed by atoms with Gasteiger partial charge in [0.1, 0.15) is 0 Å². The van der Waals surface area contributed by atoms with Crippen LogP contribution < -0.4 is 9.47 Å². The first-order valence-electron chi connectivity index (χ1n) is 5.77. The third-order valence-corrected chi connectivity index (χ3v) is 2.72. The van der Waals surface area contributed by atoms with Crippen molar-refractivity contribution in [3.8, 4) is 11.5 Å². The van der Waals surface area contributed by atoms with E-state index in [4.69, 9.17) is 9.47 Å². The van der Waals surface area contributed by atoms with Crippen molar-refractivity contribution in [1.82, 2.24) is 0 Å². The highest BCUT2D eigenvalue weighted by atomic mass is 16.5. The molecule has 2 heteroatoms. The third kappa shape index (κ3) is 2.78. The topological polar surface area (TPSA) is 18.5 Å². The van der Waals surface area contributed by atoms with Gasteiger partial charge < -0.3 is 9.47 Å². The Hall–Kier alpha value is -1.44. The molecule has 0 unspecified atom stereocenters. The van der Waals surface area contributed by atoms with Crippen molar-refractivity contribution in [2.45, 2.75) is 19.8 Å². The van der Waals surface area contributed by atoms with Crippen LogP contribution in [0.2, 0.25) is 0 Å². The molecule has 2 rings (SSSR count). The quantitative estimate of drug-likeness (QED) is 0.752. The standard InChI is InChI=1S/C14H18O2/c1-3-4-11-7-8-13(15-2)14(9-11)16-10-12-5-6-12/h3-4,7-9,12H,5-6,10H2,1-2H3/b4-3+. The van der Waals surface area contributed by atoms with E-state index >= 15 is 0 Å². The maximum absolute atomic E-state index is 5.78. The van der Waals surface area contributed by atoms with E-state index in [1.807, 2.05) is 31.2 Å². The lowest BCUT2D eigenvalue weighted by atomic mass is 10.2. The highest BCUT2D eigenvalue weighted by Crippen LogP contribution is 2.33. The largest absolute Gasteiger partial charge is 0.493 e. The maximum atomic E-state index is 5.78. The van der Waals surface area contributed by atoms with Crippen molar-refractivity contribution in [2.24, 2.45) is 5.92 Å².